The summed E-state index contributed by atoms with van der Waals surface area (Å²) in [5.41, 5.74) is 1.96. The normalized spacial score (nSPS) is 52.9. The number of fused-ring (bicyclic) bond motifs is 5. The molecule has 4 rings (SSSR count). The van der Waals surface area contributed by atoms with Crippen molar-refractivity contribution < 1.29 is 5.11 Å². The molecule has 3 fully saturated rings. The Labute approximate surface area is 117 Å². The van der Waals surface area contributed by atoms with Crippen molar-refractivity contribution >= 4 is 0 Å². The van der Waals surface area contributed by atoms with E-state index < -0.39 is 0 Å². The smallest absolute Gasteiger partial charge is 0.0713 e. The molecule has 0 aromatic carbocycles. The van der Waals surface area contributed by atoms with Crippen LogP contribution < -0.4 is 0 Å². The Kier molecular flexibility index (Phi) is 2.68. The number of rotatable bonds is 0. The molecule has 1 N–H and O–H groups in total. The highest BCUT2D eigenvalue weighted by atomic mass is 16.3. The first-order chi connectivity index (χ1) is 9.12. The third-order valence-corrected chi connectivity index (χ3v) is 7.17. The second-order valence-corrected chi connectivity index (χ2v) is 8.11. The van der Waals surface area contributed by atoms with Gasteiger partial charge in [-0.3, -0.25) is 0 Å². The van der Waals surface area contributed by atoms with E-state index in [0.717, 1.165) is 24.7 Å². The van der Waals surface area contributed by atoms with Crippen LogP contribution in [0, 0.1) is 23.2 Å². The third-order valence-electron chi connectivity index (χ3n) is 7.17. The maximum Gasteiger partial charge on any atom is 0.0713 e. The topological polar surface area (TPSA) is 20.2 Å². The van der Waals surface area contributed by atoms with E-state index in [9.17, 15) is 5.11 Å². The summed E-state index contributed by atoms with van der Waals surface area (Å²) in [5.74, 6) is 2.27. The predicted molar refractivity (Wildman–Crippen MR) is 77.8 cm³/mol. The molecule has 0 amide bonds. The predicted octanol–water partition coefficient (Wildman–Crippen LogP) is 4.45. The molecule has 4 aliphatic rings. The van der Waals surface area contributed by atoms with Crippen LogP contribution in [0.25, 0.3) is 0 Å². The van der Waals surface area contributed by atoms with Gasteiger partial charge >= 0.3 is 0 Å². The molecule has 5 atom stereocenters. The highest BCUT2D eigenvalue weighted by molar-refractivity contribution is 5.26. The van der Waals surface area contributed by atoms with Gasteiger partial charge in [0.2, 0.25) is 0 Å². The van der Waals surface area contributed by atoms with Crippen LogP contribution in [0.1, 0.15) is 71.1 Å². The lowest BCUT2D eigenvalue weighted by atomic mass is 9.54. The molecular weight excluding hydrogens is 232 g/mol. The molecule has 1 heteroatoms. The molecule has 0 bridgehead atoms. The van der Waals surface area contributed by atoms with Gasteiger partial charge in [0.15, 0.2) is 0 Å². The van der Waals surface area contributed by atoms with Gasteiger partial charge < -0.3 is 5.11 Å². The number of aliphatic hydroxyl groups is 1. The molecule has 4 aliphatic carbocycles. The van der Waals surface area contributed by atoms with Crippen molar-refractivity contribution in [1.29, 1.82) is 0 Å². The van der Waals surface area contributed by atoms with E-state index in [-0.39, 0.29) is 5.60 Å². The molecule has 0 aliphatic heterocycles. The second-order valence-electron chi connectivity index (χ2n) is 8.11. The summed E-state index contributed by atoms with van der Waals surface area (Å²) in [6.45, 7) is 2.53. The minimum atomic E-state index is -0.326. The largest absolute Gasteiger partial charge is 0.389 e. The number of hydrogen-bond donors (Lipinski definition) is 1. The molecule has 0 aromatic heterocycles. The monoisotopic (exact) mass is 260 g/mol. The van der Waals surface area contributed by atoms with Gasteiger partial charge in [0, 0.05) is 5.92 Å². The fourth-order valence-electron chi connectivity index (χ4n) is 6.11. The Morgan fingerprint density at radius 3 is 2.84 bits per heavy atom. The Morgan fingerprint density at radius 2 is 1.95 bits per heavy atom. The fraction of sp³-hybridized carbons (Fsp3) is 0.889. The van der Waals surface area contributed by atoms with Crippen LogP contribution in [0.15, 0.2) is 11.6 Å². The van der Waals surface area contributed by atoms with Crippen LogP contribution in [0.3, 0.4) is 0 Å². The number of hydrogen-bond acceptors (Lipinski definition) is 1. The van der Waals surface area contributed by atoms with E-state index in [1.807, 2.05) is 0 Å². The van der Waals surface area contributed by atoms with E-state index in [2.05, 4.69) is 13.0 Å². The molecule has 106 valence electrons. The highest BCUT2D eigenvalue weighted by Gasteiger charge is 2.53. The maximum atomic E-state index is 11.0. The Bertz CT molecular complexity index is 412. The van der Waals surface area contributed by atoms with E-state index in [1.165, 1.54) is 51.4 Å². The van der Waals surface area contributed by atoms with Crippen molar-refractivity contribution in [3.05, 3.63) is 11.6 Å². The van der Waals surface area contributed by atoms with Crippen molar-refractivity contribution in [1.82, 2.24) is 0 Å². The summed E-state index contributed by atoms with van der Waals surface area (Å²) in [6.07, 6.45) is 15.4. The van der Waals surface area contributed by atoms with Crippen LogP contribution in [0.5, 0.6) is 0 Å². The van der Waals surface area contributed by atoms with E-state index in [1.54, 1.807) is 5.57 Å². The van der Waals surface area contributed by atoms with E-state index in [4.69, 9.17) is 0 Å². The first kappa shape index (κ1) is 12.4. The molecule has 0 spiro atoms. The summed E-state index contributed by atoms with van der Waals surface area (Å²) in [5, 5.41) is 11.0. The lowest BCUT2D eigenvalue weighted by Crippen LogP contribution is -2.50. The lowest BCUT2D eigenvalue weighted by molar-refractivity contribution is -0.0730. The minimum Gasteiger partial charge on any atom is -0.389 e. The zero-order valence-corrected chi connectivity index (χ0v) is 12.3. The van der Waals surface area contributed by atoms with Gasteiger partial charge in [-0.05, 0) is 62.2 Å². The van der Waals surface area contributed by atoms with Crippen LogP contribution in [-0.2, 0) is 0 Å². The van der Waals surface area contributed by atoms with E-state index >= 15 is 0 Å². The Balaban J connectivity index is 1.69. The Morgan fingerprint density at radius 1 is 1.05 bits per heavy atom. The average molecular weight is 260 g/mol. The molecule has 19 heavy (non-hydrogen) atoms. The summed E-state index contributed by atoms with van der Waals surface area (Å²) < 4.78 is 0. The first-order valence-corrected chi connectivity index (χ1v) is 8.55. The van der Waals surface area contributed by atoms with Crippen molar-refractivity contribution in [2.45, 2.75) is 76.7 Å². The standard InChI is InChI=1S/C18H28O/c1-17-9-4-6-15(17)13-8-12-18(19)10-3-2-5-16(18)14(13)7-11-17/h7,13,15-16,19H,2-6,8-12H2,1H3/t13-,15+,16-,17+,18+/m1/s1. The molecule has 0 radical (unpaired) electrons. The van der Waals surface area contributed by atoms with Crippen molar-refractivity contribution in [2.24, 2.45) is 23.2 Å². The molecule has 0 aromatic rings. The van der Waals surface area contributed by atoms with Gasteiger partial charge in [-0.25, -0.2) is 0 Å². The average Bonchev–Trinajstić information content (AvgIpc) is 2.79. The van der Waals surface area contributed by atoms with Gasteiger partial charge in [-0.1, -0.05) is 37.8 Å². The second kappa shape index (κ2) is 4.10. The van der Waals surface area contributed by atoms with Gasteiger partial charge in [-0.15, -0.1) is 0 Å². The quantitative estimate of drug-likeness (QED) is 0.638. The summed E-state index contributed by atoms with van der Waals surface area (Å²) in [6, 6.07) is 0. The Hall–Kier alpha value is -0.300. The third kappa shape index (κ3) is 1.70. The highest BCUT2D eigenvalue weighted by Crippen LogP contribution is 2.60. The molecule has 0 saturated heterocycles. The van der Waals surface area contributed by atoms with Gasteiger partial charge in [0.25, 0.3) is 0 Å². The molecule has 1 nitrogen and oxygen atoms in total. The van der Waals surface area contributed by atoms with Crippen LogP contribution in [0.2, 0.25) is 0 Å². The molecular formula is C18H28O. The lowest BCUT2D eigenvalue weighted by Gasteiger charge is -2.53. The number of allylic oxidation sites excluding steroid dienone is 1. The molecule has 0 heterocycles. The molecule has 3 saturated carbocycles. The van der Waals surface area contributed by atoms with Gasteiger partial charge in [0.05, 0.1) is 5.60 Å². The van der Waals surface area contributed by atoms with Crippen LogP contribution >= 0.6 is 0 Å². The summed E-state index contributed by atoms with van der Waals surface area (Å²) in [4.78, 5) is 0. The summed E-state index contributed by atoms with van der Waals surface area (Å²) in [7, 11) is 0. The zero-order chi connectivity index (χ0) is 13.1. The first-order valence-electron chi connectivity index (χ1n) is 8.55. The van der Waals surface area contributed by atoms with Crippen molar-refractivity contribution in [3.8, 4) is 0 Å². The van der Waals surface area contributed by atoms with Crippen LogP contribution in [0.4, 0.5) is 0 Å². The molecule has 0 unspecified atom stereocenters. The van der Waals surface area contributed by atoms with E-state index in [0.29, 0.717) is 11.3 Å². The SMILES string of the molecule is C[C@]12CC=C3[C@@H](CC[C@@]4(O)CCCC[C@H]34)[C@@H]1CCC2. The minimum absolute atomic E-state index is 0.326. The maximum absolute atomic E-state index is 11.0. The van der Waals surface area contributed by atoms with Crippen molar-refractivity contribution in [2.75, 3.05) is 0 Å². The van der Waals surface area contributed by atoms with Gasteiger partial charge in [0.1, 0.15) is 0 Å². The van der Waals surface area contributed by atoms with Crippen molar-refractivity contribution in [3.63, 3.8) is 0 Å². The zero-order valence-electron chi connectivity index (χ0n) is 12.3. The van der Waals surface area contributed by atoms with Crippen LogP contribution in [-0.4, -0.2) is 10.7 Å². The summed E-state index contributed by atoms with van der Waals surface area (Å²) >= 11 is 0. The fourth-order valence-corrected chi connectivity index (χ4v) is 6.11. The van der Waals surface area contributed by atoms with Gasteiger partial charge in [-0.2, -0.15) is 0 Å².